The van der Waals surface area contributed by atoms with Crippen LogP contribution in [0.5, 0.6) is 0 Å². The molecule has 0 bridgehead atoms. The van der Waals surface area contributed by atoms with Crippen LogP contribution < -0.4 is 22.5 Å². The molecule has 1 atom stereocenters. The Labute approximate surface area is 131 Å². The van der Waals surface area contributed by atoms with Crippen LogP contribution in [0.4, 0.5) is 17.8 Å². The van der Waals surface area contributed by atoms with Gasteiger partial charge in [-0.15, -0.1) is 0 Å². The number of aliphatic carboxylic acids is 1. The molecule has 11 heteroatoms. The third kappa shape index (κ3) is 6.72. The van der Waals surface area contributed by atoms with Crippen LogP contribution >= 0.6 is 7.37 Å². The quantitative estimate of drug-likeness (QED) is 0.460. The summed E-state index contributed by atoms with van der Waals surface area (Å²) in [5.74, 6) is -0.935. The number of carboxylic acid groups (broad SMARTS) is 1. The van der Waals surface area contributed by atoms with Crippen LogP contribution in [0.2, 0.25) is 0 Å². The van der Waals surface area contributed by atoms with E-state index in [4.69, 9.17) is 22.3 Å². The lowest BCUT2D eigenvalue weighted by Gasteiger charge is -2.09. The van der Waals surface area contributed by atoms with Crippen LogP contribution in [0, 0.1) is 0 Å². The van der Waals surface area contributed by atoms with Crippen molar-refractivity contribution in [3.8, 4) is 0 Å². The Balaban J connectivity index is 0.000000253. The average molecular weight is 340 g/mol. The highest BCUT2D eigenvalue weighted by Crippen LogP contribution is 2.39. The SMILES string of the molecule is Nc1nc(N)nc(N)n1.O=C(O)CCP(=O)(O)c1ccccc1. The lowest BCUT2D eigenvalue weighted by atomic mass is 10.4. The van der Waals surface area contributed by atoms with Crippen LogP contribution in [-0.2, 0) is 9.36 Å². The van der Waals surface area contributed by atoms with Crippen molar-refractivity contribution in [2.24, 2.45) is 0 Å². The molecular weight excluding hydrogens is 323 g/mol. The molecule has 1 heterocycles. The van der Waals surface area contributed by atoms with E-state index in [2.05, 4.69) is 15.0 Å². The Morgan fingerprint density at radius 3 is 1.83 bits per heavy atom. The molecule has 0 fully saturated rings. The minimum Gasteiger partial charge on any atom is -0.481 e. The monoisotopic (exact) mass is 340 g/mol. The van der Waals surface area contributed by atoms with E-state index >= 15 is 0 Å². The molecule has 0 saturated heterocycles. The van der Waals surface area contributed by atoms with Gasteiger partial charge in [0.2, 0.25) is 25.2 Å². The van der Waals surface area contributed by atoms with Gasteiger partial charge in [-0.25, -0.2) is 0 Å². The van der Waals surface area contributed by atoms with Gasteiger partial charge in [-0.3, -0.25) is 9.36 Å². The van der Waals surface area contributed by atoms with Gasteiger partial charge in [-0.1, -0.05) is 18.2 Å². The molecule has 0 spiro atoms. The number of hydrogen-bond donors (Lipinski definition) is 5. The number of benzene rings is 1. The number of aromatic nitrogens is 3. The molecule has 1 unspecified atom stereocenters. The van der Waals surface area contributed by atoms with E-state index in [0.717, 1.165) is 0 Å². The topological polar surface area (TPSA) is 191 Å². The molecule has 23 heavy (non-hydrogen) atoms. The molecule has 8 N–H and O–H groups in total. The number of nitrogens with zero attached hydrogens (tertiary/aromatic N) is 3. The maximum atomic E-state index is 11.6. The highest BCUT2D eigenvalue weighted by Gasteiger charge is 2.21. The van der Waals surface area contributed by atoms with E-state index < -0.39 is 13.3 Å². The summed E-state index contributed by atoms with van der Waals surface area (Å²) >= 11 is 0. The molecule has 0 aliphatic heterocycles. The van der Waals surface area contributed by atoms with Crippen molar-refractivity contribution in [2.75, 3.05) is 23.4 Å². The number of hydrogen-bond acceptors (Lipinski definition) is 8. The number of nitrogens with two attached hydrogens (primary N) is 3. The second-order valence-electron chi connectivity index (χ2n) is 4.31. The fourth-order valence-corrected chi connectivity index (χ4v) is 2.85. The number of anilines is 3. The van der Waals surface area contributed by atoms with Gasteiger partial charge < -0.3 is 27.2 Å². The van der Waals surface area contributed by atoms with Crippen molar-refractivity contribution >= 4 is 36.5 Å². The minimum atomic E-state index is -3.48. The van der Waals surface area contributed by atoms with Gasteiger partial charge in [0.15, 0.2) is 0 Å². The fourth-order valence-electron chi connectivity index (χ4n) is 1.46. The van der Waals surface area contributed by atoms with Crippen LogP contribution in [0.1, 0.15) is 6.42 Å². The first-order chi connectivity index (χ1) is 10.7. The second-order valence-corrected chi connectivity index (χ2v) is 6.68. The summed E-state index contributed by atoms with van der Waals surface area (Å²) in [6.45, 7) is 0. The van der Waals surface area contributed by atoms with Crippen molar-refractivity contribution in [2.45, 2.75) is 6.42 Å². The van der Waals surface area contributed by atoms with Gasteiger partial charge in [0, 0.05) is 11.5 Å². The van der Waals surface area contributed by atoms with Crippen molar-refractivity contribution in [3.63, 3.8) is 0 Å². The Morgan fingerprint density at radius 2 is 1.43 bits per heavy atom. The first kappa shape index (κ1) is 18.3. The van der Waals surface area contributed by atoms with Crippen molar-refractivity contribution in [1.29, 1.82) is 0 Å². The third-order valence-corrected chi connectivity index (χ3v) is 4.41. The molecule has 124 valence electrons. The fraction of sp³-hybridized carbons (Fsp3) is 0.167. The van der Waals surface area contributed by atoms with E-state index in [1.807, 2.05) is 0 Å². The first-order valence-corrected chi connectivity index (χ1v) is 8.17. The standard InChI is InChI=1S/C9H11O4P.C3H6N6/c10-9(11)6-7-14(12,13)8-4-2-1-3-5-8;4-1-7-2(5)9-3(6)8-1/h1-5H,6-7H2,(H,10,11)(H,12,13);(H6,4,5,6,7,8,9). The van der Waals surface area contributed by atoms with Gasteiger partial charge in [0.25, 0.3) is 0 Å². The summed E-state index contributed by atoms with van der Waals surface area (Å²) in [6, 6.07) is 8.10. The second kappa shape index (κ2) is 8.06. The average Bonchev–Trinajstić information content (AvgIpc) is 2.45. The maximum absolute atomic E-state index is 11.6. The van der Waals surface area contributed by atoms with Crippen LogP contribution in [0.15, 0.2) is 30.3 Å². The summed E-state index contributed by atoms with van der Waals surface area (Å²) in [5, 5.41) is 8.70. The van der Waals surface area contributed by atoms with Crippen molar-refractivity contribution in [1.82, 2.24) is 15.0 Å². The molecule has 10 nitrogen and oxygen atoms in total. The molecule has 0 radical (unpaired) electrons. The van der Waals surface area contributed by atoms with Gasteiger partial charge >= 0.3 is 5.97 Å². The predicted molar refractivity (Wildman–Crippen MR) is 86.1 cm³/mol. The summed E-state index contributed by atoms with van der Waals surface area (Å²) < 4.78 is 11.6. The van der Waals surface area contributed by atoms with Crippen molar-refractivity contribution < 1.29 is 19.4 Å². The Hall–Kier alpha value is -2.71. The Kier molecular flexibility index (Phi) is 6.43. The van der Waals surface area contributed by atoms with Gasteiger partial charge in [0.05, 0.1) is 6.42 Å². The normalized spacial score (nSPS) is 12.6. The largest absolute Gasteiger partial charge is 0.481 e. The van der Waals surface area contributed by atoms with Crippen molar-refractivity contribution in [3.05, 3.63) is 30.3 Å². The van der Waals surface area contributed by atoms with Gasteiger partial charge in [0.1, 0.15) is 0 Å². The zero-order valence-electron chi connectivity index (χ0n) is 12.0. The molecule has 2 aromatic rings. The number of nitrogen functional groups attached to an aromatic ring is 3. The van der Waals surface area contributed by atoms with Gasteiger partial charge in [-0.05, 0) is 12.1 Å². The summed E-state index contributed by atoms with van der Waals surface area (Å²) in [7, 11) is -3.48. The van der Waals surface area contributed by atoms with Crippen LogP contribution in [0.3, 0.4) is 0 Å². The molecule has 0 saturated carbocycles. The first-order valence-electron chi connectivity index (χ1n) is 6.32. The number of carboxylic acids is 1. The molecule has 0 aliphatic rings. The minimum absolute atomic E-state index is 0.0417. The summed E-state index contributed by atoms with van der Waals surface area (Å²) in [6.07, 6.45) is -0.505. The highest BCUT2D eigenvalue weighted by atomic mass is 31.2. The van der Waals surface area contributed by atoms with E-state index in [9.17, 15) is 14.3 Å². The van der Waals surface area contributed by atoms with E-state index in [1.165, 1.54) is 12.1 Å². The van der Waals surface area contributed by atoms with Gasteiger partial charge in [-0.2, -0.15) is 15.0 Å². The number of rotatable bonds is 4. The Morgan fingerprint density at radius 1 is 1.00 bits per heavy atom. The smallest absolute Gasteiger partial charge is 0.303 e. The highest BCUT2D eigenvalue weighted by molar-refractivity contribution is 7.66. The Bertz CT molecular complexity index is 661. The van der Waals surface area contributed by atoms with E-state index in [-0.39, 0.29) is 30.4 Å². The lowest BCUT2D eigenvalue weighted by molar-refractivity contribution is -0.136. The molecule has 1 aromatic heterocycles. The molecule has 1 aromatic carbocycles. The number of carbonyl (C=O) groups is 1. The molecule has 2 rings (SSSR count). The predicted octanol–water partition coefficient (Wildman–Crippen LogP) is -0.325. The summed E-state index contributed by atoms with van der Waals surface area (Å²) in [5.41, 5.74) is 15.4. The lowest BCUT2D eigenvalue weighted by Crippen LogP contribution is -2.09. The maximum Gasteiger partial charge on any atom is 0.303 e. The zero-order valence-corrected chi connectivity index (χ0v) is 12.9. The third-order valence-electron chi connectivity index (χ3n) is 2.48. The zero-order chi connectivity index (χ0) is 17.5. The molecule has 0 amide bonds. The molecular formula is C12H17N6O4P. The van der Waals surface area contributed by atoms with E-state index in [0.29, 0.717) is 5.30 Å². The van der Waals surface area contributed by atoms with Crippen LogP contribution in [0.25, 0.3) is 0 Å². The molecule has 0 aliphatic carbocycles. The van der Waals surface area contributed by atoms with E-state index in [1.54, 1.807) is 18.2 Å². The van der Waals surface area contributed by atoms with Crippen LogP contribution in [-0.4, -0.2) is 37.1 Å². The summed E-state index contributed by atoms with van der Waals surface area (Å²) in [4.78, 5) is 30.2.